The number of hydrogen-bond donors (Lipinski definition) is 2. The number of carbonyl (C=O) groups is 3. The van der Waals surface area contributed by atoms with E-state index in [-0.39, 0.29) is 11.8 Å². The van der Waals surface area contributed by atoms with Crippen molar-refractivity contribution in [3.8, 4) is 5.75 Å². The van der Waals surface area contributed by atoms with E-state index in [1.807, 2.05) is 0 Å². The molecule has 0 spiro atoms. The van der Waals surface area contributed by atoms with Crippen molar-refractivity contribution < 1.29 is 19.1 Å². The molecule has 1 aromatic carbocycles. The van der Waals surface area contributed by atoms with Crippen molar-refractivity contribution in [1.82, 2.24) is 10.6 Å². The van der Waals surface area contributed by atoms with Crippen LogP contribution in [-0.4, -0.2) is 29.9 Å². The Labute approximate surface area is 148 Å². The Bertz CT molecular complexity index is 606. The molecule has 1 aromatic rings. The molecule has 0 radical (unpaired) electrons. The summed E-state index contributed by atoms with van der Waals surface area (Å²) in [5.41, 5.74) is 0.610. The normalized spacial score (nSPS) is 15.9. The van der Waals surface area contributed by atoms with Crippen LogP contribution in [0.3, 0.4) is 0 Å². The number of nitrogens with one attached hydrogen (secondary N) is 2. The van der Waals surface area contributed by atoms with E-state index in [4.69, 9.17) is 4.74 Å². The van der Waals surface area contributed by atoms with Crippen LogP contribution in [0.25, 0.3) is 0 Å². The van der Waals surface area contributed by atoms with Gasteiger partial charge in [-0.3, -0.25) is 14.9 Å². The molecule has 1 aliphatic rings. The zero-order chi connectivity index (χ0) is 18.2. The fourth-order valence-corrected chi connectivity index (χ4v) is 2.86. The number of carbonyl (C=O) groups excluding carboxylic acids is 3. The van der Waals surface area contributed by atoms with Gasteiger partial charge in [0, 0.05) is 18.0 Å². The van der Waals surface area contributed by atoms with Crippen molar-refractivity contribution >= 4 is 17.7 Å². The monoisotopic (exact) mass is 346 g/mol. The molecule has 0 aromatic heterocycles. The molecule has 6 nitrogen and oxygen atoms in total. The number of Topliss-reactive ketones (excluding diaryl/α,β-unsaturated/α-hetero) is 1. The second-order valence-corrected chi connectivity index (χ2v) is 6.36. The van der Waals surface area contributed by atoms with Crippen molar-refractivity contribution in [2.24, 2.45) is 0 Å². The van der Waals surface area contributed by atoms with Gasteiger partial charge >= 0.3 is 6.03 Å². The average Bonchev–Trinajstić information content (AvgIpc) is 2.62. The van der Waals surface area contributed by atoms with Crippen molar-refractivity contribution in [3.05, 3.63) is 29.8 Å². The van der Waals surface area contributed by atoms with Gasteiger partial charge in [0.05, 0.1) is 0 Å². The minimum Gasteiger partial charge on any atom is -0.481 e. The van der Waals surface area contributed by atoms with Crippen LogP contribution in [0, 0.1) is 0 Å². The molecule has 0 saturated heterocycles. The fraction of sp³-hybridized carbons (Fsp3) is 0.526. The third-order valence-corrected chi connectivity index (χ3v) is 4.36. The molecule has 0 aliphatic heterocycles. The third kappa shape index (κ3) is 5.89. The highest BCUT2D eigenvalue weighted by Gasteiger charge is 2.20. The zero-order valence-electron chi connectivity index (χ0n) is 14.8. The van der Waals surface area contributed by atoms with E-state index >= 15 is 0 Å². The quantitative estimate of drug-likeness (QED) is 0.775. The molecule has 3 amide bonds. The molecule has 136 valence electrons. The van der Waals surface area contributed by atoms with Crippen molar-refractivity contribution in [2.75, 3.05) is 0 Å². The SMILES string of the molecule is CCC(=O)c1ccc(O[C@H](C)C(=O)NC(=O)NC2CCCCC2)cc1. The lowest BCUT2D eigenvalue weighted by Gasteiger charge is -2.23. The Morgan fingerprint density at radius 2 is 1.76 bits per heavy atom. The molecule has 2 N–H and O–H groups in total. The van der Waals surface area contributed by atoms with E-state index in [0.29, 0.717) is 17.7 Å². The molecule has 1 aliphatic carbocycles. The number of rotatable bonds is 6. The Balaban J connectivity index is 1.80. The van der Waals surface area contributed by atoms with Crippen molar-refractivity contribution in [1.29, 1.82) is 0 Å². The van der Waals surface area contributed by atoms with Gasteiger partial charge in [-0.25, -0.2) is 4.79 Å². The zero-order valence-corrected chi connectivity index (χ0v) is 14.8. The number of imide groups is 1. The maximum atomic E-state index is 12.1. The van der Waals surface area contributed by atoms with E-state index in [1.54, 1.807) is 38.1 Å². The molecule has 0 heterocycles. The average molecular weight is 346 g/mol. The second-order valence-electron chi connectivity index (χ2n) is 6.36. The Morgan fingerprint density at radius 3 is 2.36 bits per heavy atom. The number of amides is 3. The standard InChI is InChI=1S/C19H26N2O4/c1-3-17(22)14-9-11-16(12-10-14)25-13(2)18(23)21-19(24)20-15-7-5-4-6-8-15/h9-13,15H,3-8H2,1-2H3,(H2,20,21,23,24)/t13-/m1/s1. The second kappa shape index (κ2) is 9.20. The molecule has 1 saturated carbocycles. The van der Waals surface area contributed by atoms with Crippen molar-refractivity contribution in [2.45, 2.75) is 64.5 Å². The highest BCUT2D eigenvalue weighted by atomic mass is 16.5. The predicted molar refractivity (Wildman–Crippen MR) is 94.7 cm³/mol. The minimum absolute atomic E-state index is 0.0525. The van der Waals surface area contributed by atoms with E-state index in [0.717, 1.165) is 25.7 Å². The highest BCUT2D eigenvalue weighted by Crippen LogP contribution is 2.17. The van der Waals surface area contributed by atoms with Gasteiger partial charge in [-0.05, 0) is 44.0 Å². The first kappa shape index (κ1) is 19.0. The molecular formula is C19H26N2O4. The van der Waals surface area contributed by atoms with Gasteiger partial charge in [0.2, 0.25) is 0 Å². The van der Waals surface area contributed by atoms with Gasteiger partial charge in [0.1, 0.15) is 5.75 Å². The van der Waals surface area contributed by atoms with Crippen LogP contribution in [0.1, 0.15) is 62.7 Å². The van der Waals surface area contributed by atoms with Crippen LogP contribution in [0.5, 0.6) is 5.75 Å². The topological polar surface area (TPSA) is 84.5 Å². The van der Waals surface area contributed by atoms with Crippen LogP contribution in [0.4, 0.5) is 4.79 Å². The number of ketones is 1. The number of benzene rings is 1. The summed E-state index contributed by atoms with van der Waals surface area (Å²) in [5.74, 6) is 0.0294. The van der Waals surface area contributed by atoms with Crippen LogP contribution < -0.4 is 15.4 Å². The molecule has 1 fully saturated rings. The summed E-state index contributed by atoms with van der Waals surface area (Å²) in [6.45, 7) is 3.38. The molecular weight excluding hydrogens is 320 g/mol. The first-order valence-electron chi connectivity index (χ1n) is 8.91. The van der Waals surface area contributed by atoms with E-state index in [1.165, 1.54) is 6.42 Å². The maximum absolute atomic E-state index is 12.1. The molecule has 6 heteroatoms. The van der Waals surface area contributed by atoms with Crippen LogP contribution in [-0.2, 0) is 4.79 Å². The summed E-state index contributed by atoms with van der Waals surface area (Å²) in [4.78, 5) is 35.6. The molecule has 0 bridgehead atoms. The third-order valence-electron chi connectivity index (χ3n) is 4.36. The lowest BCUT2D eigenvalue weighted by atomic mass is 9.96. The molecule has 0 unspecified atom stereocenters. The summed E-state index contributed by atoms with van der Waals surface area (Å²) in [6.07, 6.45) is 4.95. The lowest BCUT2D eigenvalue weighted by Crippen LogP contribution is -2.48. The summed E-state index contributed by atoms with van der Waals surface area (Å²) in [5, 5.41) is 5.15. The van der Waals surface area contributed by atoms with E-state index in [2.05, 4.69) is 10.6 Å². The number of hydrogen-bond acceptors (Lipinski definition) is 4. The fourth-order valence-electron chi connectivity index (χ4n) is 2.86. The van der Waals surface area contributed by atoms with Gasteiger partial charge in [-0.15, -0.1) is 0 Å². The van der Waals surface area contributed by atoms with Gasteiger partial charge in [0.25, 0.3) is 5.91 Å². The largest absolute Gasteiger partial charge is 0.481 e. The lowest BCUT2D eigenvalue weighted by molar-refractivity contribution is -0.126. The molecule has 2 rings (SSSR count). The van der Waals surface area contributed by atoms with Crippen LogP contribution >= 0.6 is 0 Å². The van der Waals surface area contributed by atoms with Gasteiger partial charge in [0.15, 0.2) is 11.9 Å². The summed E-state index contributed by atoms with van der Waals surface area (Å²) in [6, 6.07) is 6.30. The smallest absolute Gasteiger partial charge is 0.321 e. The van der Waals surface area contributed by atoms with Crippen LogP contribution in [0.15, 0.2) is 24.3 Å². The Hall–Kier alpha value is -2.37. The van der Waals surface area contributed by atoms with Crippen LogP contribution in [0.2, 0.25) is 0 Å². The Kier molecular flexibility index (Phi) is 6.98. The first-order valence-corrected chi connectivity index (χ1v) is 8.91. The molecule has 1 atom stereocenters. The Morgan fingerprint density at radius 1 is 1.12 bits per heavy atom. The van der Waals surface area contributed by atoms with E-state index in [9.17, 15) is 14.4 Å². The van der Waals surface area contributed by atoms with Gasteiger partial charge < -0.3 is 10.1 Å². The number of urea groups is 1. The van der Waals surface area contributed by atoms with Crippen molar-refractivity contribution in [3.63, 3.8) is 0 Å². The first-order chi connectivity index (χ1) is 12.0. The summed E-state index contributed by atoms with van der Waals surface area (Å²) < 4.78 is 5.53. The van der Waals surface area contributed by atoms with E-state index < -0.39 is 18.0 Å². The summed E-state index contributed by atoms with van der Waals surface area (Å²) >= 11 is 0. The van der Waals surface area contributed by atoms with Gasteiger partial charge in [-0.1, -0.05) is 26.2 Å². The number of ether oxygens (including phenoxy) is 1. The maximum Gasteiger partial charge on any atom is 0.321 e. The van der Waals surface area contributed by atoms with Gasteiger partial charge in [-0.2, -0.15) is 0 Å². The summed E-state index contributed by atoms with van der Waals surface area (Å²) in [7, 11) is 0. The minimum atomic E-state index is -0.815. The highest BCUT2D eigenvalue weighted by molar-refractivity contribution is 5.97. The predicted octanol–water partition coefficient (Wildman–Crippen LogP) is 3.21. The molecule has 25 heavy (non-hydrogen) atoms.